The van der Waals surface area contributed by atoms with Gasteiger partial charge in [0.25, 0.3) is 0 Å². The van der Waals surface area contributed by atoms with Gasteiger partial charge in [0.15, 0.2) is 0 Å². The Morgan fingerprint density at radius 2 is 0.853 bits per heavy atom. The first-order valence-electron chi connectivity index (χ1n) is 11.2. The molecule has 7 rings (SSSR count). The molecule has 0 aliphatic carbocycles. The molecule has 0 fully saturated rings. The van der Waals surface area contributed by atoms with Crippen molar-refractivity contribution in [3.05, 3.63) is 109 Å². The summed E-state index contributed by atoms with van der Waals surface area (Å²) in [6.07, 6.45) is 0. The van der Waals surface area contributed by atoms with Gasteiger partial charge in [-0.05, 0) is 58.7 Å². The van der Waals surface area contributed by atoms with Crippen molar-refractivity contribution in [2.75, 3.05) is 0 Å². The highest BCUT2D eigenvalue weighted by atomic mass is 127. The number of hydrogen-bond acceptors (Lipinski definition) is 0. The van der Waals surface area contributed by atoms with Gasteiger partial charge in [-0.15, -0.1) is 0 Å². The van der Waals surface area contributed by atoms with E-state index in [0.717, 1.165) is 0 Å². The molecule has 0 aliphatic rings. The minimum Gasteiger partial charge on any atom is -0.282 e. The average Bonchev–Trinajstić information content (AvgIpc) is 3.35. The normalized spacial score (nSPS) is 11.8. The number of rotatable bonds is 2. The zero-order chi connectivity index (χ0) is 22.8. The van der Waals surface area contributed by atoms with Gasteiger partial charge in [0, 0.05) is 21.5 Å². The van der Waals surface area contributed by atoms with Crippen molar-refractivity contribution in [1.29, 1.82) is 0 Å². The molecule has 0 bridgehead atoms. The molecule has 0 saturated heterocycles. The molecule has 162 valence electrons. The van der Waals surface area contributed by atoms with Crippen molar-refractivity contribution in [3.8, 4) is 22.3 Å². The summed E-state index contributed by atoms with van der Waals surface area (Å²) >= 11 is 4.81. The van der Waals surface area contributed by atoms with Crippen LogP contribution in [-0.2, 0) is 0 Å². The van der Waals surface area contributed by atoms with Crippen LogP contribution in [0.2, 0.25) is 0 Å². The Morgan fingerprint density at radius 3 is 1.59 bits per heavy atom. The van der Waals surface area contributed by atoms with Gasteiger partial charge in [-0.1, -0.05) is 72.8 Å². The molecule has 2 aromatic heterocycles. The standard InChI is InChI=1S/C30H18I2N2/c31-33-28-11-4-2-9-24(28)26-17-21(13-15-29(26)33)19-6-5-7-20(16-19)22-12-14-25-23-8-1-3-10-27(23)34(32)30(25)18-22/h1-18H. The van der Waals surface area contributed by atoms with Crippen LogP contribution in [0, 0.1) is 0 Å². The van der Waals surface area contributed by atoms with Gasteiger partial charge in [0.2, 0.25) is 0 Å². The molecule has 34 heavy (non-hydrogen) atoms. The van der Waals surface area contributed by atoms with Crippen LogP contribution in [-0.4, -0.2) is 5.56 Å². The van der Waals surface area contributed by atoms with Gasteiger partial charge in [-0.3, -0.25) is 5.56 Å². The van der Waals surface area contributed by atoms with Crippen LogP contribution < -0.4 is 0 Å². The van der Waals surface area contributed by atoms with Crippen LogP contribution in [0.3, 0.4) is 0 Å². The topological polar surface area (TPSA) is 9.86 Å². The van der Waals surface area contributed by atoms with Gasteiger partial charge in [0.1, 0.15) is 0 Å². The second-order valence-electron chi connectivity index (χ2n) is 8.64. The van der Waals surface area contributed by atoms with E-state index < -0.39 is 0 Å². The predicted molar refractivity (Wildman–Crippen MR) is 162 cm³/mol. The number of halogens is 2. The predicted octanol–water partition coefficient (Wildman–Crippen LogP) is 9.63. The number of benzene rings is 5. The second kappa shape index (κ2) is 7.85. The molecule has 0 spiro atoms. The number of nitrogens with zero attached hydrogens (tertiary/aromatic N) is 2. The Labute approximate surface area is 224 Å². The fraction of sp³-hybridized carbons (Fsp3) is 0. The maximum Gasteiger partial charge on any atom is 0.0646 e. The first-order chi connectivity index (χ1) is 16.7. The van der Waals surface area contributed by atoms with Crippen molar-refractivity contribution in [2.24, 2.45) is 0 Å². The van der Waals surface area contributed by atoms with E-state index in [4.69, 9.17) is 0 Å². The van der Waals surface area contributed by atoms with E-state index in [9.17, 15) is 0 Å². The zero-order valence-corrected chi connectivity index (χ0v) is 22.4. The maximum absolute atomic E-state index is 2.41. The smallest absolute Gasteiger partial charge is 0.0646 e. The number of aromatic nitrogens is 2. The molecule has 2 heterocycles. The highest BCUT2D eigenvalue weighted by molar-refractivity contribution is 14.1. The number of fused-ring (bicyclic) bond motifs is 6. The summed E-state index contributed by atoms with van der Waals surface area (Å²) in [4.78, 5) is 0. The van der Waals surface area contributed by atoms with E-state index in [2.05, 4.69) is 160 Å². The highest BCUT2D eigenvalue weighted by Gasteiger charge is 2.12. The molecular formula is C30H18I2N2. The van der Waals surface area contributed by atoms with Crippen molar-refractivity contribution in [3.63, 3.8) is 0 Å². The zero-order valence-electron chi connectivity index (χ0n) is 18.0. The fourth-order valence-corrected chi connectivity index (χ4v) is 6.75. The lowest BCUT2D eigenvalue weighted by molar-refractivity contribution is 1.49. The van der Waals surface area contributed by atoms with Crippen LogP contribution in [0.5, 0.6) is 0 Å². The lowest BCUT2D eigenvalue weighted by Gasteiger charge is -2.08. The quantitative estimate of drug-likeness (QED) is 0.164. The first kappa shape index (κ1) is 20.5. The van der Waals surface area contributed by atoms with E-state index in [-0.39, 0.29) is 0 Å². The number of hydrogen-bond donors (Lipinski definition) is 0. The van der Waals surface area contributed by atoms with Crippen LogP contribution in [0.1, 0.15) is 0 Å². The molecule has 2 nitrogen and oxygen atoms in total. The molecule has 0 N–H and O–H groups in total. The van der Waals surface area contributed by atoms with Crippen molar-refractivity contribution in [2.45, 2.75) is 0 Å². The lowest BCUT2D eigenvalue weighted by atomic mass is 9.97. The van der Waals surface area contributed by atoms with Crippen LogP contribution in [0.15, 0.2) is 109 Å². The van der Waals surface area contributed by atoms with E-state index in [1.807, 2.05) is 0 Å². The Bertz CT molecular complexity index is 1890. The summed E-state index contributed by atoms with van der Waals surface area (Å²) in [7, 11) is 0. The molecule has 0 unspecified atom stereocenters. The van der Waals surface area contributed by atoms with Gasteiger partial charge in [-0.25, -0.2) is 0 Å². The SMILES string of the molecule is In1c2ccccc2c2cc(-c3cccc(-c4ccc5c6ccccc6n(I)c5c4)c3)ccc21. The molecule has 0 amide bonds. The Kier molecular flexibility index (Phi) is 4.74. The second-order valence-corrected chi connectivity index (χ2v) is 10.6. The number of para-hydroxylation sites is 2. The minimum atomic E-state index is 1.23. The van der Waals surface area contributed by atoms with E-state index in [0.29, 0.717) is 0 Å². The van der Waals surface area contributed by atoms with E-state index in [1.165, 1.54) is 65.9 Å². The maximum atomic E-state index is 2.41. The van der Waals surface area contributed by atoms with Gasteiger partial charge in [0.05, 0.1) is 67.8 Å². The molecular weight excluding hydrogens is 642 g/mol. The lowest BCUT2D eigenvalue weighted by Crippen LogP contribution is -1.84. The summed E-state index contributed by atoms with van der Waals surface area (Å²) in [6.45, 7) is 0. The summed E-state index contributed by atoms with van der Waals surface area (Å²) in [5.41, 5.74) is 9.96. The molecule has 0 radical (unpaired) electrons. The van der Waals surface area contributed by atoms with Crippen LogP contribution in [0.4, 0.5) is 0 Å². The fourth-order valence-electron chi connectivity index (χ4n) is 5.09. The first-order valence-corrected chi connectivity index (χ1v) is 13.1. The van der Waals surface area contributed by atoms with Gasteiger partial charge < -0.3 is 0 Å². The molecule has 5 aromatic carbocycles. The van der Waals surface area contributed by atoms with Crippen molar-refractivity contribution in [1.82, 2.24) is 5.56 Å². The summed E-state index contributed by atoms with van der Waals surface area (Å²) < 4.78 is 4.52. The van der Waals surface area contributed by atoms with E-state index >= 15 is 0 Å². The largest absolute Gasteiger partial charge is 0.282 e. The van der Waals surface area contributed by atoms with Crippen LogP contribution >= 0.6 is 45.7 Å². The monoisotopic (exact) mass is 660 g/mol. The summed E-state index contributed by atoms with van der Waals surface area (Å²) in [6, 6.07) is 39.8. The van der Waals surface area contributed by atoms with Gasteiger partial charge in [-0.2, -0.15) is 0 Å². The minimum absolute atomic E-state index is 1.23. The highest BCUT2D eigenvalue weighted by Crippen LogP contribution is 2.37. The third-order valence-corrected chi connectivity index (χ3v) is 8.84. The Balaban J connectivity index is 1.37. The molecule has 4 heteroatoms. The Hall–Kier alpha value is -2.84. The molecule has 0 aliphatic heterocycles. The Morgan fingerprint density at radius 1 is 0.353 bits per heavy atom. The molecule has 0 atom stereocenters. The van der Waals surface area contributed by atoms with Gasteiger partial charge >= 0.3 is 0 Å². The summed E-state index contributed by atoms with van der Waals surface area (Å²) in [5, 5.41) is 5.19. The van der Waals surface area contributed by atoms with Crippen molar-refractivity contribution >= 4 is 89.3 Å². The third-order valence-electron chi connectivity index (χ3n) is 6.76. The summed E-state index contributed by atoms with van der Waals surface area (Å²) in [5.74, 6) is 0. The third kappa shape index (κ3) is 3.04. The van der Waals surface area contributed by atoms with Crippen LogP contribution in [0.25, 0.3) is 65.9 Å². The van der Waals surface area contributed by atoms with Crippen molar-refractivity contribution < 1.29 is 0 Å². The molecule has 7 aromatic rings. The average molecular weight is 660 g/mol. The van der Waals surface area contributed by atoms with E-state index in [1.54, 1.807) is 0 Å². The molecule has 0 saturated carbocycles.